The standard InChI is InChI=1S/C15H25NO3S/c1-13(12-19-3)16(9-10-18-2)8-4-6-14(17)15-7-5-11-20-15/h5,7,11,13H,4,6,8-10,12H2,1-3H3. The van der Waals surface area contributed by atoms with Gasteiger partial charge in [0.25, 0.3) is 0 Å². The van der Waals surface area contributed by atoms with Crippen LogP contribution in [0.5, 0.6) is 0 Å². The van der Waals surface area contributed by atoms with E-state index in [9.17, 15) is 4.79 Å². The molecule has 5 heteroatoms. The fraction of sp³-hybridized carbons (Fsp3) is 0.667. The zero-order valence-corrected chi connectivity index (χ0v) is 13.4. The molecule has 0 spiro atoms. The number of carbonyl (C=O) groups is 1. The van der Waals surface area contributed by atoms with Gasteiger partial charge < -0.3 is 9.47 Å². The van der Waals surface area contributed by atoms with Crippen LogP contribution in [-0.4, -0.2) is 57.2 Å². The Bertz CT molecular complexity index is 367. The molecule has 1 aromatic heterocycles. The molecular weight excluding hydrogens is 274 g/mol. The zero-order valence-electron chi connectivity index (χ0n) is 12.6. The second-order valence-electron chi connectivity index (χ2n) is 4.84. The Morgan fingerprint density at radius 3 is 2.75 bits per heavy atom. The number of ketones is 1. The van der Waals surface area contributed by atoms with Gasteiger partial charge in [0, 0.05) is 33.2 Å². The predicted octanol–water partition coefficient (Wildman–Crippen LogP) is 2.69. The second-order valence-corrected chi connectivity index (χ2v) is 5.78. The summed E-state index contributed by atoms with van der Waals surface area (Å²) >= 11 is 1.52. The van der Waals surface area contributed by atoms with Crippen molar-refractivity contribution in [3.8, 4) is 0 Å². The second kappa shape index (κ2) is 10.0. The first-order chi connectivity index (χ1) is 9.69. The summed E-state index contributed by atoms with van der Waals surface area (Å²) in [7, 11) is 3.42. The summed E-state index contributed by atoms with van der Waals surface area (Å²) in [5.74, 6) is 0.242. The van der Waals surface area contributed by atoms with Gasteiger partial charge in [-0.1, -0.05) is 6.07 Å². The molecule has 1 heterocycles. The lowest BCUT2D eigenvalue weighted by Crippen LogP contribution is -2.39. The van der Waals surface area contributed by atoms with E-state index in [0.717, 1.165) is 24.4 Å². The molecule has 1 rings (SSSR count). The average Bonchev–Trinajstić information content (AvgIpc) is 2.96. The van der Waals surface area contributed by atoms with Crippen LogP contribution in [0.25, 0.3) is 0 Å². The maximum Gasteiger partial charge on any atom is 0.172 e. The maximum absolute atomic E-state index is 11.9. The fourth-order valence-electron chi connectivity index (χ4n) is 2.11. The van der Waals surface area contributed by atoms with Gasteiger partial charge in [-0.25, -0.2) is 0 Å². The van der Waals surface area contributed by atoms with Crippen molar-refractivity contribution >= 4 is 17.1 Å². The highest BCUT2D eigenvalue weighted by atomic mass is 32.1. The van der Waals surface area contributed by atoms with Crippen LogP contribution in [0.3, 0.4) is 0 Å². The first kappa shape index (κ1) is 17.3. The Kier molecular flexibility index (Phi) is 8.69. The third kappa shape index (κ3) is 6.13. The molecule has 114 valence electrons. The van der Waals surface area contributed by atoms with Gasteiger partial charge in [0.1, 0.15) is 0 Å². The minimum absolute atomic E-state index is 0.242. The van der Waals surface area contributed by atoms with E-state index in [4.69, 9.17) is 9.47 Å². The predicted molar refractivity (Wildman–Crippen MR) is 82.7 cm³/mol. The van der Waals surface area contributed by atoms with E-state index in [2.05, 4.69) is 11.8 Å². The Balaban J connectivity index is 2.35. The largest absolute Gasteiger partial charge is 0.383 e. The lowest BCUT2D eigenvalue weighted by Gasteiger charge is -2.28. The number of carbonyl (C=O) groups excluding carboxylic acids is 1. The van der Waals surface area contributed by atoms with Gasteiger partial charge in [0.15, 0.2) is 5.78 Å². The highest BCUT2D eigenvalue weighted by Gasteiger charge is 2.14. The van der Waals surface area contributed by atoms with Gasteiger partial charge in [-0.05, 0) is 31.3 Å². The van der Waals surface area contributed by atoms with Crippen molar-refractivity contribution in [1.82, 2.24) is 4.90 Å². The Morgan fingerprint density at radius 2 is 2.15 bits per heavy atom. The summed E-state index contributed by atoms with van der Waals surface area (Å²) in [6.07, 6.45) is 1.47. The number of methoxy groups -OCH3 is 2. The van der Waals surface area contributed by atoms with Crippen molar-refractivity contribution in [2.24, 2.45) is 0 Å². The van der Waals surface area contributed by atoms with Crippen LogP contribution < -0.4 is 0 Å². The lowest BCUT2D eigenvalue weighted by molar-refractivity contribution is 0.0729. The molecule has 0 bridgehead atoms. The molecule has 4 nitrogen and oxygen atoms in total. The van der Waals surface area contributed by atoms with Crippen molar-refractivity contribution in [2.45, 2.75) is 25.8 Å². The quantitative estimate of drug-likeness (QED) is 0.589. The van der Waals surface area contributed by atoms with Gasteiger partial charge >= 0.3 is 0 Å². The minimum Gasteiger partial charge on any atom is -0.383 e. The van der Waals surface area contributed by atoms with Gasteiger partial charge in [-0.15, -0.1) is 11.3 Å². The molecular formula is C15H25NO3S. The molecule has 1 atom stereocenters. The molecule has 0 N–H and O–H groups in total. The van der Waals surface area contributed by atoms with Crippen molar-refractivity contribution < 1.29 is 14.3 Å². The molecule has 0 radical (unpaired) electrons. The van der Waals surface area contributed by atoms with Gasteiger partial charge in [0.05, 0.1) is 18.1 Å². The average molecular weight is 299 g/mol. The Labute approximate surface area is 125 Å². The number of hydrogen-bond donors (Lipinski definition) is 0. The number of ether oxygens (including phenoxy) is 2. The molecule has 0 saturated heterocycles. The first-order valence-corrected chi connectivity index (χ1v) is 7.85. The molecule has 0 aliphatic rings. The van der Waals surface area contributed by atoms with Crippen LogP contribution in [0.2, 0.25) is 0 Å². The topological polar surface area (TPSA) is 38.8 Å². The fourth-order valence-corrected chi connectivity index (χ4v) is 2.81. The molecule has 20 heavy (non-hydrogen) atoms. The van der Waals surface area contributed by atoms with E-state index in [1.165, 1.54) is 11.3 Å². The molecule has 1 unspecified atom stereocenters. The third-order valence-electron chi connectivity index (χ3n) is 3.26. The highest BCUT2D eigenvalue weighted by molar-refractivity contribution is 7.12. The van der Waals surface area contributed by atoms with Gasteiger partial charge in [-0.3, -0.25) is 9.69 Å². The molecule has 1 aromatic rings. The van der Waals surface area contributed by atoms with E-state index in [1.54, 1.807) is 14.2 Å². The van der Waals surface area contributed by atoms with Crippen LogP contribution in [0.4, 0.5) is 0 Å². The number of thiophene rings is 1. The van der Waals surface area contributed by atoms with E-state index in [1.807, 2.05) is 17.5 Å². The monoisotopic (exact) mass is 299 g/mol. The van der Waals surface area contributed by atoms with Crippen LogP contribution >= 0.6 is 11.3 Å². The van der Waals surface area contributed by atoms with Crippen molar-refractivity contribution in [1.29, 1.82) is 0 Å². The minimum atomic E-state index is 0.242. The highest BCUT2D eigenvalue weighted by Crippen LogP contribution is 2.13. The first-order valence-electron chi connectivity index (χ1n) is 6.97. The molecule has 0 aliphatic carbocycles. The number of Topliss-reactive ketones (excluding diaryl/α,β-unsaturated/α-hetero) is 1. The molecule has 0 fully saturated rings. The van der Waals surface area contributed by atoms with Crippen molar-refractivity contribution in [3.63, 3.8) is 0 Å². The van der Waals surface area contributed by atoms with Gasteiger partial charge in [0.2, 0.25) is 0 Å². The number of nitrogens with zero attached hydrogens (tertiary/aromatic N) is 1. The maximum atomic E-state index is 11.9. The van der Waals surface area contributed by atoms with Crippen molar-refractivity contribution in [3.05, 3.63) is 22.4 Å². The van der Waals surface area contributed by atoms with Crippen molar-refractivity contribution in [2.75, 3.05) is 40.5 Å². The van der Waals surface area contributed by atoms with E-state index in [-0.39, 0.29) is 5.78 Å². The summed E-state index contributed by atoms with van der Waals surface area (Å²) < 4.78 is 10.3. The number of hydrogen-bond acceptors (Lipinski definition) is 5. The van der Waals surface area contributed by atoms with E-state index in [0.29, 0.717) is 25.7 Å². The lowest BCUT2D eigenvalue weighted by atomic mass is 10.1. The molecule has 0 aliphatic heterocycles. The summed E-state index contributed by atoms with van der Waals surface area (Å²) in [6, 6.07) is 4.15. The molecule has 0 amide bonds. The smallest absolute Gasteiger partial charge is 0.172 e. The zero-order chi connectivity index (χ0) is 14.8. The Morgan fingerprint density at radius 1 is 1.35 bits per heavy atom. The SMILES string of the molecule is COCCN(CCCC(=O)c1cccs1)C(C)COC. The number of rotatable bonds is 11. The summed E-state index contributed by atoms with van der Waals surface area (Å²) in [4.78, 5) is 15.1. The Hall–Kier alpha value is -0.750. The van der Waals surface area contributed by atoms with E-state index < -0.39 is 0 Å². The van der Waals surface area contributed by atoms with E-state index >= 15 is 0 Å². The van der Waals surface area contributed by atoms with Crippen LogP contribution in [0, 0.1) is 0 Å². The summed E-state index contributed by atoms with van der Waals surface area (Å²) in [5, 5.41) is 1.94. The third-order valence-corrected chi connectivity index (χ3v) is 4.17. The van der Waals surface area contributed by atoms with Crippen LogP contribution in [-0.2, 0) is 9.47 Å². The van der Waals surface area contributed by atoms with Crippen LogP contribution in [0.1, 0.15) is 29.4 Å². The van der Waals surface area contributed by atoms with Crippen LogP contribution in [0.15, 0.2) is 17.5 Å². The normalized spacial score (nSPS) is 12.8. The molecule has 0 aromatic carbocycles. The van der Waals surface area contributed by atoms with Gasteiger partial charge in [-0.2, -0.15) is 0 Å². The summed E-state index contributed by atoms with van der Waals surface area (Å²) in [5.41, 5.74) is 0. The summed E-state index contributed by atoms with van der Waals surface area (Å²) in [6.45, 7) is 5.30. The molecule has 0 saturated carbocycles.